The fourth-order valence-electron chi connectivity index (χ4n) is 4.12. The Kier molecular flexibility index (Phi) is 5.61. The van der Waals surface area contributed by atoms with Crippen LogP contribution in [0.15, 0.2) is 30.3 Å². The zero-order valence-electron chi connectivity index (χ0n) is 15.0. The van der Waals surface area contributed by atoms with Crippen molar-refractivity contribution in [1.82, 2.24) is 10.2 Å². The predicted molar refractivity (Wildman–Crippen MR) is 96.0 cm³/mol. The van der Waals surface area contributed by atoms with Gasteiger partial charge in [-0.1, -0.05) is 43.2 Å². The predicted octanol–water partition coefficient (Wildman–Crippen LogP) is 3.44. The van der Waals surface area contributed by atoms with Crippen LogP contribution in [-0.2, 0) is 15.1 Å². The van der Waals surface area contributed by atoms with Gasteiger partial charge in [-0.2, -0.15) is 0 Å². The molecule has 2 fully saturated rings. The van der Waals surface area contributed by atoms with Crippen molar-refractivity contribution in [1.29, 1.82) is 0 Å². The molecule has 1 atom stereocenters. The van der Waals surface area contributed by atoms with Gasteiger partial charge in [0.05, 0.1) is 18.1 Å². The van der Waals surface area contributed by atoms with Gasteiger partial charge in [0.1, 0.15) is 0 Å². The van der Waals surface area contributed by atoms with Gasteiger partial charge in [-0.05, 0) is 38.2 Å². The van der Waals surface area contributed by atoms with Crippen LogP contribution in [-0.4, -0.2) is 36.6 Å². The molecule has 1 unspecified atom stereocenters. The highest BCUT2D eigenvalue weighted by Crippen LogP contribution is 2.39. The second kappa shape index (κ2) is 7.89. The number of likely N-dealkylation sites (tertiary alicyclic amines) is 1. The molecule has 0 bridgehead atoms. The van der Waals surface area contributed by atoms with E-state index in [0.29, 0.717) is 19.7 Å². The second-order valence-corrected chi connectivity index (χ2v) is 7.12. The van der Waals surface area contributed by atoms with E-state index in [1.165, 1.54) is 5.56 Å². The van der Waals surface area contributed by atoms with Crippen molar-refractivity contribution in [3.05, 3.63) is 35.9 Å². The topological polar surface area (TPSA) is 58.6 Å². The van der Waals surface area contributed by atoms with Gasteiger partial charge in [-0.25, -0.2) is 4.79 Å². The van der Waals surface area contributed by atoms with Crippen molar-refractivity contribution in [3.8, 4) is 0 Å². The van der Waals surface area contributed by atoms with E-state index in [-0.39, 0.29) is 23.5 Å². The van der Waals surface area contributed by atoms with Gasteiger partial charge in [0.15, 0.2) is 0 Å². The maximum Gasteiger partial charge on any atom is 0.318 e. The van der Waals surface area contributed by atoms with Gasteiger partial charge in [-0.3, -0.25) is 4.79 Å². The van der Waals surface area contributed by atoms with Crippen LogP contribution in [0.5, 0.6) is 0 Å². The van der Waals surface area contributed by atoms with Crippen molar-refractivity contribution in [2.45, 2.75) is 51.0 Å². The van der Waals surface area contributed by atoms with E-state index in [9.17, 15) is 9.59 Å². The molecule has 0 radical (unpaired) electrons. The van der Waals surface area contributed by atoms with E-state index in [1.54, 1.807) is 4.90 Å². The number of urea groups is 1. The monoisotopic (exact) mass is 344 g/mol. The minimum atomic E-state index is -0.269. The highest BCUT2D eigenvalue weighted by Gasteiger charge is 2.39. The van der Waals surface area contributed by atoms with Crippen molar-refractivity contribution < 1.29 is 14.3 Å². The van der Waals surface area contributed by atoms with Crippen LogP contribution in [0.4, 0.5) is 4.79 Å². The minimum absolute atomic E-state index is 0.0558. The summed E-state index contributed by atoms with van der Waals surface area (Å²) in [5.41, 5.74) is 0.912. The fourth-order valence-corrected chi connectivity index (χ4v) is 4.12. The molecular formula is C20H28N2O3. The Morgan fingerprint density at radius 3 is 2.60 bits per heavy atom. The van der Waals surface area contributed by atoms with Crippen molar-refractivity contribution in [2.75, 3.05) is 19.7 Å². The molecule has 2 amide bonds. The first-order valence-electron chi connectivity index (χ1n) is 9.44. The molecule has 5 nitrogen and oxygen atoms in total. The average Bonchev–Trinajstić information content (AvgIpc) is 3.12. The number of piperidine rings is 1. The zero-order valence-corrected chi connectivity index (χ0v) is 15.0. The molecule has 1 aromatic rings. The Morgan fingerprint density at radius 1 is 1.20 bits per heavy atom. The van der Waals surface area contributed by atoms with E-state index in [1.807, 2.05) is 25.1 Å². The van der Waals surface area contributed by atoms with E-state index in [4.69, 9.17) is 4.74 Å². The SMILES string of the molecule is CCOC(=O)C1CCCN(C(=O)NC2(c3ccccc3)CCCC2)C1. The van der Waals surface area contributed by atoms with Gasteiger partial charge in [-0.15, -0.1) is 0 Å². The largest absolute Gasteiger partial charge is 0.466 e. The van der Waals surface area contributed by atoms with Gasteiger partial charge in [0.25, 0.3) is 0 Å². The summed E-state index contributed by atoms with van der Waals surface area (Å²) in [7, 11) is 0. The summed E-state index contributed by atoms with van der Waals surface area (Å²) in [5.74, 6) is -0.380. The lowest BCUT2D eigenvalue weighted by molar-refractivity contribution is -0.149. The first-order valence-corrected chi connectivity index (χ1v) is 9.44. The number of esters is 1. The Morgan fingerprint density at radius 2 is 1.92 bits per heavy atom. The summed E-state index contributed by atoms with van der Waals surface area (Å²) in [6.07, 6.45) is 5.83. The third-order valence-electron chi connectivity index (χ3n) is 5.46. The van der Waals surface area contributed by atoms with Crippen LogP contribution >= 0.6 is 0 Å². The summed E-state index contributed by atoms with van der Waals surface area (Å²) in [4.78, 5) is 26.7. The molecule has 3 rings (SSSR count). The van der Waals surface area contributed by atoms with Gasteiger partial charge in [0.2, 0.25) is 0 Å². The maximum absolute atomic E-state index is 12.9. The summed E-state index contributed by atoms with van der Waals surface area (Å²) in [6.45, 7) is 3.36. The van der Waals surface area contributed by atoms with E-state index < -0.39 is 0 Å². The van der Waals surface area contributed by atoms with Crippen LogP contribution < -0.4 is 5.32 Å². The molecule has 25 heavy (non-hydrogen) atoms. The molecule has 1 saturated heterocycles. The Labute approximate surface area is 149 Å². The molecule has 2 aliphatic rings. The highest BCUT2D eigenvalue weighted by molar-refractivity contribution is 5.78. The fraction of sp³-hybridized carbons (Fsp3) is 0.600. The zero-order chi connectivity index (χ0) is 17.7. The number of rotatable bonds is 4. The van der Waals surface area contributed by atoms with E-state index in [0.717, 1.165) is 38.5 Å². The van der Waals surface area contributed by atoms with Gasteiger partial charge < -0.3 is 15.0 Å². The summed E-state index contributed by atoms with van der Waals surface area (Å²) in [5, 5.41) is 3.30. The normalized spacial score (nSPS) is 22.4. The lowest BCUT2D eigenvalue weighted by atomic mass is 9.88. The van der Waals surface area contributed by atoms with Crippen LogP contribution in [0, 0.1) is 5.92 Å². The summed E-state index contributed by atoms with van der Waals surface area (Å²) < 4.78 is 5.13. The molecule has 1 heterocycles. The third-order valence-corrected chi connectivity index (χ3v) is 5.46. The molecular weight excluding hydrogens is 316 g/mol. The lowest BCUT2D eigenvalue weighted by Crippen LogP contribution is -2.53. The molecule has 1 aliphatic heterocycles. The third kappa shape index (κ3) is 3.97. The highest BCUT2D eigenvalue weighted by atomic mass is 16.5. The molecule has 1 aromatic carbocycles. The Hall–Kier alpha value is -2.04. The standard InChI is InChI=1S/C20H28N2O3/c1-2-25-18(23)16-9-8-14-22(15-16)19(24)21-20(12-6-7-13-20)17-10-4-3-5-11-17/h3-5,10-11,16H,2,6-9,12-15H2,1H3,(H,21,24). The van der Waals surface area contributed by atoms with Crippen LogP contribution in [0.1, 0.15) is 51.0 Å². The van der Waals surface area contributed by atoms with Crippen LogP contribution in [0.25, 0.3) is 0 Å². The summed E-state index contributed by atoms with van der Waals surface area (Å²) >= 11 is 0. The van der Waals surface area contributed by atoms with Crippen molar-refractivity contribution in [3.63, 3.8) is 0 Å². The van der Waals surface area contributed by atoms with Gasteiger partial charge in [0, 0.05) is 13.1 Å². The van der Waals surface area contributed by atoms with Crippen molar-refractivity contribution >= 4 is 12.0 Å². The maximum atomic E-state index is 12.9. The average molecular weight is 344 g/mol. The number of carbonyl (C=O) groups is 2. The number of nitrogens with zero attached hydrogens (tertiary/aromatic N) is 1. The number of hydrogen-bond acceptors (Lipinski definition) is 3. The molecule has 1 N–H and O–H groups in total. The number of carbonyl (C=O) groups excluding carboxylic acids is 2. The molecule has 1 saturated carbocycles. The molecule has 136 valence electrons. The summed E-state index contributed by atoms with van der Waals surface area (Å²) in [6, 6.07) is 10.2. The Bertz CT molecular complexity index is 596. The minimum Gasteiger partial charge on any atom is -0.466 e. The van der Waals surface area contributed by atoms with Crippen LogP contribution in [0.2, 0.25) is 0 Å². The number of benzene rings is 1. The second-order valence-electron chi connectivity index (χ2n) is 7.12. The van der Waals surface area contributed by atoms with Gasteiger partial charge >= 0.3 is 12.0 Å². The molecule has 0 spiro atoms. The molecule has 0 aromatic heterocycles. The number of amides is 2. The van der Waals surface area contributed by atoms with E-state index >= 15 is 0 Å². The Balaban J connectivity index is 1.69. The van der Waals surface area contributed by atoms with Crippen molar-refractivity contribution in [2.24, 2.45) is 5.92 Å². The molecule has 5 heteroatoms. The quantitative estimate of drug-likeness (QED) is 0.851. The van der Waals surface area contributed by atoms with Crippen LogP contribution in [0.3, 0.4) is 0 Å². The smallest absolute Gasteiger partial charge is 0.318 e. The molecule has 1 aliphatic carbocycles. The number of ether oxygens (including phenoxy) is 1. The lowest BCUT2D eigenvalue weighted by Gasteiger charge is -2.37. The first-order chi connectivity index (χ1) is 12.1. The number of hydrogen-bond donors (Lipinski definition) is 1. The number of nitrogens with one attached hydrogen (secondary N) is 1. The van der Waals surface area contributed by atoms with E-state index in [2.05, 4.69) is 17.4 Å². The first kappa shape index (κ1) is 17.8.